The molecule has 1 saturated carbocycles. The first-order valence-corrected chi connectivity index (χ1v) is 9.82. The molecular formula is C18H14ClFN2O3S. The molecule has 4 rings (SSSR count). The molecule has 0 radical (unpaired) electrons. The van der Waals surface area contributed by atoms with Gasteiger partial charge < -0.3 is 4.42 Å². The van der Waals surface area contributed by atoms with E-state index in [1.54, 1.807) is 18.3 Å². The van der Waals surface area contributed by atoms with E-state index in [-0.39, 0.29) is 15.6 Å². The van der Waals surface area contributed by atoms with Crippen LogP contribution in [0.15, 0.2) is 58.0 Å². The Hall–Kier alpha value is -2.38. The van der Waals surface area contributed by atoms with Gasteiger partial charge in [0.25, 0.3) is 10.0 Å². The topological polar surface area (TPSA) is 72.2 Å². The van der Waals surface area contributed by atoms with Crippen molar-refractivity contribution in [3.05, 3.63) is 65.4 Å². The summed E-state index contributed by atoms with van der Waals surface area (Å²) in [6.45, 7) is 0. The summed E-state index contributed by atoms with van der Waals surface area (Å²) in [5, 5.41) is -0.0144. The van der Waals surface area contributed by atoms with Crippen molar-refractivity contribution in [1.29, 1.82) is 0 Å². The van der Waals surface area contributed by atoms with Gasteiger partial charge in [-0.05, 0) is 55.3 Å². The van der Waals surface area contributed by atoms with Crippen molar-refractivity contribution in [2.24, 2.45) is 0 Å². The number of anilines is 1. The molecule has 0 bridgehead atoms. The van der Waals surface area contributed by atoms with Crippen LogP contribution in [0.3, 0.4) is 0 Å². The Labute approximate surface area is 154 Å². The monoisotopic (exact) mass is 392 g/mol. The number of halogens is 2. The van der Waals surface area contributed by atoms with Gasteiger partial charge in [0, 0.05) is 11.5 Å². The van der Waals surface area contributed by atoms with Crippen molar-refractivity contribution in [2.75, 3.05) is 4.72 Å². The van der Waals surface area contributed by atoms with Crippen LogP contribution in [-0.4, -0.2) is 13.4 Å². The van der Waals surface area contributed by atoms with Crippen LogP contribution in [0.2, 0.25) is 5.02 Å². The summed E-state index contributed by atoms with van der Waals surface area (Å²) in [5.74, 6) is 1.20. The Morgan fingerprint density at radius 3 is 2.54 bits per heavy atom. The summed E-state index contributed by atoms with van der Waals surface area (Å²) >= 11 is 5.87. The van der Waals surface area contributed by atoms with Gasteiger partial charge in [-0.3, -0.25) is 4.72 Å². The minimum atomic E-state index is -3.85. The van der Waals surface area contributed by atoms with Gasteiger partial charge in [0.1, 0.15) is 5.82 Å². The molecule has 0 unspecified atom stereocenters. The number of benzene rings is 2. The lowest BCUT2D eigenvalue weighted by molar-refractivity contribution is 0.509. The molecule has 134 valence electrons. The number of hydrogen-bond donors (Lipinski definition) is 1. The van der Waals surface area contributed by atoms with Crippen molar-refractivity contribution in [3.63, 3.8) is 0 Å². The smallest absolute Gasteiger partial charge is 0.261 e. The highest BCUT2D eigenvalue weighted by atomic mass is 35.5. The molecule has 26 heavy (non-hydrogen) atoms. The van der Waals surface area contributed by atoms with E-state index in [9.17, 15) is 12.8 Å². The quantitative estimate of drug-likeness (QED) is 0.676. The second-order valence-corrected chi connectivity index (χ2v) is 8.18. The molecule has 1 fully saturated rings. The highest BCUT2D eigenvalue weighted by molar-refractivity contribution is 7.92. The zero-order valence-electron chi connectivity index (χ0n) is 13.4. The van der Waals surface area contributed by atoms with Crippen LogP contribution in [0.1, 0.15) is 24.7 Å². The predicted molar refractivity (Wildman–Crippen MR) is 96.1 cm³/mol. The maximum Gasteiger partial charge on any atom is 0.261 e. The molecule has 0 atom stereocenters. The third-order valence-electron chi connectivity index (χ3n) is 4.07. The van der Waals surface area contributed by atoms with Gasteiger partial charge in [-0.1, -0.05) is 11.6 Å². The number of sulfonamides is 1. The molecular weight excluding hydrogens is 379 g/mol. The standard InChI is InChI=1S/C18H14ClFN2O3S/c19-15-9-13(20)5-8-16(15)22-26(23,24)14-6-3-11(4-7-14)17-10-21-18(25-17)12-1-2-12/h3-10,12,22H,1-2H2. The number of nitrogens with one attached hydrogen (secondary N) is 1. The third-order valence-corrected chi connectivity index (χ3v) is 5.77. The molecule has 0 saturated heterocycles. The molecule has 0 aliphatic heterocycles. The normalized spacial score (nSPS) is 14.4. The van der Waals surface area contributed by atoms with Gasteiger partial charge in [-0.25, -0.2) is 17.8 Å². The van der Waals surface area contributed by atoms with E-state index in [1.165, 1.54) is 18.2 Å². The molecule has 8 heteroatoms. The Bertz CT molecular complexity index is 1060. The van der Waals surface area contributed by atoms with Gasteiger partial charge in [-0.2, -0.15) is 0 Å². The third kappa shape index (κ3) is 3.45. The average molecular weight is 393 g/mol. The molecule has 1 aliphatic carbocycles. The molecule has 0 spiro atoms. The Morgan fingerprint density at radius 1 is 1.15 bits per heavy atom. The number of rotatable bonds is 5. The Morgan fingerprint density at radius 2 is 1.88 bits per heavy atom. The molecule has 1 aliphatic rings. The van der Waals surface area contributed by atoms with Crippen LogP contribution in [0.4, 0.5) is 10.1 Å². The largest absolute Gasteiger partial charge is 0.440 e. The second kappa shape index (κ2) is 6.41. The number of oxazole rings is 1. The highest BCUT2D eigenvalue weighted by Crippen LogP contribution is 2.40. The van der Waals surface area contributed by atoms with E-state index in [0.717, 1.165) is 36.4 Å². The Kier molecular flexibility index (Phi) is 4.20. The molecule has 1 aromatic heterocycles. The maximum absolute atomic E-state index is 13.1. The van der Waals surface area contributed by atoms with Crippen molar-refractivity contribution < 1.29 is 17.2 Å². The van der Waals surface area contributed by atoms with Crippen molar-refractivity contribution in [2.45, 2.75) is 23.7 Å². The molecule has 1 heterocycles. The van der Waals surface area contributed by atoms with Crippen LogP contribution < -0.4 is 4.72 Å². The van der Waals surface area contributed by atoms with Gasteiger partial charge in [-0.15, -0.1) is 0 Å². The summed E-state index contributed by atoms with van der Waals surface area (Å²) < 4.78 is 46.1. The van der Waals surface area contributed by atoms with Crippen LogP contribution in [0.5, 0.6) is 0 Å². The minimum absolute atomic E-state index is 0.0144. The van der Waals surface area contributed by atoms with Gasteiger partial charge in [0.2, 0.25) is 0 Å². The number of nitrogens with zero attached hydrogens (tertiary/aromatic N) is 1. The maximum atomic E-state index is 13.1. The van der Waals surface area contributed by atoms with E-state index >= 15 is 0 Å². The molecule has 3 aromatic rings. The zero-order chi connectivity index (χ0) is 18.3. The van der Waals surface area contributed by atoms with Crippen LogP contribution in [-0.2, 0) is 10.0 Å². The fourth-order valence-corrected chi connectivity index (χ4v) is 3.86. The molecule has 5 nitrogen and oxygen atoms in total. The number of hydrogen-bond acceptors (Lipinski definition) is 4. The van der Waals surface area contributed by atoms with Crippen LogP contribution >= 0.6 is 11.6 Å². The summed E-state index contributed by atoms with van der Waals surface area (Å²) in [7, 11) is -3.85. The predicted octanol–water partition coefficient (Wildman–Crippen LogP) is 4.81. The van der Waals surface area contributed by atoms with E-state index in [4.69, 9.17) is 16.0 Å². The minimum Gasteiger partial charge on any atom is -0.440 e. The van der Waals surface area contributed by atoms with Crippen molar-refractivity contribution >= 4 is 27.3 Å². The fraction of sp³-hybridized carbons (Fsp3) is 0.167. The lowest BCUT2D eigenvalue weighted by atomic mass is 10.2. The van der Waals surface area contributed by atoms with E-state index in [0.29, 0.717) is 11.7 Å². The first kappa shape index (κ1) is 17.1. The van der Waals surface area contributed by atoms with Crippen molar-refractivity contribution in [3.8, 4) is 11.3 Å². The summed E-state index contributed by atoms with van der Waals surface area (Å²) in [6.07, 6.45) is 3.83. The first-order chi connectivity index (χ1) is 12.4. The second-order valence-electron chi connectivity index (χ2n) is 6.09. The highest BCUT2D eigenvalue weighted by Gasteiger charge is 2.28. The first-order valence-electron chi connectivity index (χ1n) is 7.96. The van der Waals surface area contributed by atoms with Gasteiger partial charge in [0.05, 0.1) is 21.8 Å². The van der Waals surface area contributed by atoms with Crippen molar-refractivity contribution in [1.82, 2.24) is 4.98 Å². The summed E-state index contributed by atoms with van der Waals surface area (Å²) in [5.41, 5.74) is 0.851. The molecule has 2 aromatic carbocycles. The van der Waals surface area contributed by atoms with E-state index < -0.39 is 15.8 Å². The van der Waals surface area contributed by atoms with Gasteiger partial charge >= 0.3 is 0 Å². The average Bonchev–Trinajstić information content (AvgIpc) is 3.35. The summed E-state index contributed by atoms with van der Waals surface area (Å²) in [6, 6.07) is 9.69. The SMILES string of the molecule is O=S(=O)(Nc1ccc(F)cc1Cl)c1ccc(-c2cnc(C3CC3)o2)cc1. The van der Waals surface area contributed by atoms with E-state index in [2.05, 4.69) is 9.71 Å². The Balaban J connectivity index is 1.56. The molecule has 1 N–H and O–H groups in total. The fourth-order valence-electron chi connectivity index (χ4n) is 2.51. The van der Waals surface area contributed by atoms with Crippen LogP contribution in [0, 0.1) is 5.82 Å². The lowest BCUT2D eigenvalue weighted by Gasteiger charge is -2.10. The summed E-state index contributed by atoms with van der Waals surface area (Å²) in [4.78, 5) is 4.31. The van der Waals surface area contributed by atoms with Gasteiger partial charge in [0.15, 0.2) is 11.7 Å². The zero-order valence-corrected chi connectivity index (χ0v) is 15.0. The number of aromatic nitrogens is 1. The van der Waals surface area contributed by atoms with E-state index in [1.807, 2.05) is 0 Å². The lowest BCUT2D eigenvalue weighted by Crippen LogP contribution is -2.13. The van der Waals surface area contributed by atoms with Crippen LogP contribution in [0.25, 0.3) is 11.3 Å². The molecule has 0 amide bonds.